The lowest BCUT2D eigenvalue weighted by molar-refractivity contribution is -0.122. The number of ether oxygens (including phenoxy) is 1. The highest BCUT2D eigenvalue weighted by atomic mass is 79.9. The number of rotatable bonds is 4. The number of hydrogen-bond acceptors (Lipinski definition) is 4. The van der Waals surface area contributed by atoms with Gasteiger partial charge in [0, 0.05) is 5.02 Å². The van der Waals surface area contributed by atoms with Gasteiger partial charge < -0.3 is 10.1 Å². The minimum Gasteiger partial charge on any atom is -0.481 e. The Morgan fingerprint density at radius 2 is 2.20 bits per heavy atom. The molecule has 2 rings (SSSR count). The topological polar surface area (TPSA) is 64.1 Å². The molecule has 5 nitrogen and oxygen atoms in total. The van der Waals surface area contributed by atoms with Gasteiger partial charge >= 0.3 is 0 Å². The zero-order chi connectivity index (χ0) is 14.5. The Morgan fingerprint density at radius 3 is 2.85 bits per heavy atom. The number of nitrogens with zero attached hydrogens (tertiary/aromatic N) is 2. The van der Waals surface area contributed by atoms with Crippen molar-refractivity contribution in [2.75, 3.05) is 5.32 Å². The van der Waals surface area contributed by atoms with Crippen molar-refractivity contribution in [1.29, 1.82) is 0 Å². The summed E-state index contributed by atoms with van der Waals surface area (Å²) in [6.45, 7) is 1.64. The maximum absolute atomic E-state index is 11.9. The molecule has 1 aromatic carbocycles. The number of nitrogens with one attached hydrogen (secondary N) is 1. The molecule has 0 bridgehead atoms. The van der Waals surface area contributed by atoms with E-state index < -0.39 is 6.10 Å². The Kier molecular flexibility index (Phi) is 4.92. The zero-order valence-electron chi connectivity index (χ0n) is 10.5. The molecule has 1 aromatic heterocycles. The van der Waals surface area contributed by atoms with Gasteiger partial charge in [0.25, 0.3) is 5.91 Å². The number of carbonyl (C=O) groups is 1. The summed E-state index contributed by atoms with van der Waals surface area (Å²) in [4.78, 5) is 19.9. The lowest BCUT2D eigenvalue weighted by atomic mass is 10.3. The summed E-state index contributed by atoms with van der Waals surface area (Å²) < 4.78 is 6.09. The summed E-state index contributed by atoms with van der Waals surface area (Å²) in [5, 5.41) is 3.16. The Bertz CT molecular complexity index is 607. The molecule has 2 aromatic rings. The van der Waals surface area contributed by atoms with Crippen LogP contribution in [0.4, 0.5) is 5.82 Å². The van der Waals surface area contributed by atoms with Crippen LogP contribution in [-0.2, 0) is 4.79 Å². The molecular weight excluding hydrogens is 346 g/mol. The van der Waals surface area contributed by atoms with E-state index in [2.05, 4.69) is 31.2 Å². The molecule has 0 saturated heterocycles. The van der Waals surface area contributed by atoms with Gasteiger partial charge in [-0.3, -0.25) is 4.79 Å². The summed E-state index contributed by atoms with van der Waals surface area (Å²) in [7, 11) is 0. The van der Waals surface area contributed by atoms with E-state index in [4.69, 9.17) is 16.3 Å². The Labute approximate surface area is 129 Å². The molecule has 0 aliphatic rings. The van der Waals surface area contributed by atoms with E-state index in [0.717, 1.165) is 0 Å². The van der Waals surface area contributed by atoms with Gasteiger partial charge in [-0.2, -0.15) is 0 Å². The highest BCUT2D eigenvalue weighted by Crippen LogP contribution is 2.18. The van der Waals surface area contributed by atoms with Crippen LogP contribution < -0.4 is 10.1 Å². The smallest absolute Gasteiger partial charge is 0.266 e. The molecule has 1 unspecified atom stereocenters. The van der Waals surface area contributed by atoms with Crippen LogP contribution in [0.5, 0.6) is 5.75 Å². The van der Waals surface area contributed by atoms with Crippen molar-refractivity contribution in [3.63, 3.8) is 0 Å². The fraction of sp³-hybridized carbons (Fsp3) is 0.154. The molecule has 0 fully saturated rings. The number of halogens is 2. The third kappa shape index (κ3) is 4.18. The number of hydrogen-bond donors (Lipinski definition) is 1. The first-order chi connectivity index (χ1) is 9.54. The molecule has 1 amide bonds. The molecule has 20 heavy (non-hydrogen) atoms. The largest absolute Gasteiger partial charge is 0.481 e. The van der Waals surface area contributed by atoms with E-state index in [1.54, 1.807) is 31.2 Å². The third-order valence-corrected chi connectivity index (χ3v) is 2.99. The lowest BCUT2D eigenvalue weighted by Gasteiger charge is -2.14. The standard InChI is InChI=1S/C13H11BrClN3O2/c1-8(20-10-4-2-3-9(15)5-10)13(19)18-12-7-16-11(14)6-17-12/h2-8H,1H3,(H,17,18,19). The van der Waals surface area contributed by atoms with Crippen molar-refractivity contribution in [2.24, 2.45) is 0 Å². The highest BCUT2D eigenvalue weighted by Gasteiger charge is 2.15. The van der Waals surface area contributed by atoms with Crippen LogP contribution in [-0.4, -0.2) is 22.0 Å². The van der Waals surface area contributed by atoms with Crippen LogP contribution in [0.3, 0.4) is 0 Å². The van der Waals surface area contributed by atoms with Crippen LogP contribution in [0.2, 0.25) is 5.02 Å². The number of amides is 1. The predicted octanol–water partition coefficient (Wildman–Crippen LogP) is 3.30. The molecule has 0 aliphatic carbocycles. The number of benzene rings is 1. The average molecular weight is 357 g/mol. The summed E-state index contributed by atoms with van der Waals surface area (Å²) in [6.07, 6.45) is 2.27. The molecule has 1 heterocycles. The van der Waals surface area contributed by atoms with Crippen LogP contribution in [0, 0.1) is 0 Å². The fourth-order valence-corrected chi connectivity index (χ4v) is 1.79. The maximum atomic E-state index is 11.9. The van der Waals surface area contributed by atoms with Crippen molar-refractivity contribution in [1.82, 2.24) is 9.97 Å². The second-order valence-corrected chi connectivity index (χ2v) is 5.18. The van der Waals surface area contributed by atoms with Crippen molar-refractivity contribution in [3.8, 4) is 5.75 Å². The lowest BCUT2D eigenvalue weighted by Crippen LogP contribution is -2.30. The molecule has 0 spiro atoms. The minimum atomic E-state index is -0.682. The van der Waals surface area contributed by atoms with Gasteiger partial charge in [0.1, 0.15) is 10.4 Å². The van der Waals surface area contributed by atoms with Crippen molar-refractivity contribution in [3.05, 3.63) is 46.3 Å². The summed E-state index contributed by atoms with van der Waals surface area (Å²) >= 11 is 9.02. The molecule has 0 aliphatic heterocycles. The quantitative estimate of drug-likeness (QED) is 0.913. The monoisotopic (exact) mass is 355 g/mol. The maximum Gasteiger partial charge on any atom is 0.266 e. The van der Waals surface area contributed by atoms with Crippen LogP contribution in [0.1, 0.15) is 6.92 Å². The van der Waals surface area contributed by atoms with E-state index in [9.17, 15) is 4.79 Å². The molecule has 7 heteroatoms. The van der Waals surface area contributed by atoms with Gasteiger partial charge in [-0.25, -0.2) is 9.97 Å². The summed E-state index contributed by atoms with van der Waals surface area (Å²) in [5.41, 5.74) is 0. The molecular formula is C13H11BrClN3O2. The fourth-order valence-electron chi connectivity index (χ4n) is 1.40. The highest BCUT2D eigenvalue weighted by molar-refractivity contribution is 9.10. The second-order valence-electron chi connectivity index (χ2n) is 3.93. The zero-order valence-corrected chi connectivity index (χ0v) is 12.9. The van der Waals surface area contributed by atoms with E-state index in [1.165, 1.54) is 12.4 Å². The SMILES string of the molecule is CC(Oc1cccc(Cl)c1)C(=O)Nc1cnc(Br)cn1. The van der Waals surface area contributed by atoms with E-state index in [1.807, 2.05) is 0 Å². The van der Waals surface area contributed by atoms with E-state index in [0.29, 0.717) is 21.2 Å². The molecule has 104 valence electrons. The normalized spacial score (nSPS) is 11.8. The van der Waals surface area contributed by atoms with Gasteiger partial charge in [-0.1, -0.05) is 17.7 Å². The van der Waals surface area contributed by atoms with Gasteiger partial charge in [0.15, 0.2) is 11.9 Å². The second kappa shape index (κ2) is 6.67. The van der Waals surface area contributed by atoms with Crippen molar-refractivity contribution < 1.29 is 9.53 Å². The Hall–Kier alpha value is -1.66. The summed E-state index contributed by atoms with van der Waals surface area (Å²) in [6, 6.07) is 6.86. The number of carbonyl (C=O) groups excluding carboxylic acids is 1. The molecule has 1 N–H and O–H groups in total. The van der Waals surface area contributed by atoms with Gasteiger partial charge in [-0.05, 0) is 41.1 Å². The third-order valence-electron chi connectivity index (χ3n) is 2.35. The van der Waals surface area contributed by atoms with Gasteiger partial charge in [0.05, 0.1) is 12.4 Å². The van der Waals surface area contributed by atoms with Gasteiger partial charge in [0.2, 0.25) is 0 Å². The first-order valence-electron chi connectivity index (χ1n) is 5.75. The number of aromatic nitrogens is 2. The van der Waals surface area contributed by atoms with Crippen LogP contribution >= 0.6 is 27.5 Å². The van der Waals surface area contributed by atoms with Crippen LogP contribution in [0.15, 0.2) is 41.3 Å². The molecule has 0 saturated carbocycles. The first-order valence-corrected chi connectivity index (χ1v) is 6.92. The molecule has 0 radical (unpaired) electrons. The van der Waals surface area contributed by atoms with E-state index in [-0.39, 0.29) is 5.91 Å². The Balaban J connectivity index is 1.96. The van der Waals surface area contributed by atoms with Crippen molar-refractivity contribution in [2.45, 2.75) is 13.0 Å². The van der Waals surface area contributed by atoms with E-state index >= 15 is 0 Å². The first kappa shape index (κ1) is 14.7. The average Bonchev–Trinajstić information content (AvgIpc) is 2.41. The summed E-state index contributed by atoms with van der Waals surface area (Å²) in [5.74, 6) is 0.573. The van der Waals surface area contributed by atoms with Crippen molar-refractivity contribution >= 4 is 39.3 Å². The predicted molar refractivity (Wildman–Crippen MR) is 79.9 cm³/mol. The molecule has 1 atom stereocenters. The van der Waals surface area contributed by atoms with Crippen LogP contribution in [0.25, 0.3) is 0 Å². The number of anilines is 1. The Morgan fingerprint density at radius 1 is 1.40 bits per heavy atom. The van der Waals surface area contributed by atoms with Gasteiger partial charge in [-0.15, -0.1) is 0 Å². The minimum absolute atomic E-state index is 0.318.